The average molecular weight is 478 g/mol. The predicted molar refractivity (Wildman–Crippen MR) is 125 cm³/mol. The Morgan fingerprint density at radius 2 is 1.97 bits per heavy atom. The number of sulfone groups is 1. The van der Waals surface area contributed by atoms with Crippen LogP contribution >= 0.6 is 11.6 Å². The zero-order valence-corrected chi connectivity index (χ0v) is 19.5. The number of amides is 1. The van der Waals surface area contributed by atoms with Crippen LogP contribution in [0.15, 0.2) is 53.4 Å². The highest BCUT2D eigenvalue weighted by Gasteiger charge is 2.33. The standard InChI is InChI=1S/C23H28ClN3O4S/c1-32(30,31)21-10-3-2-8-18(21)23(29)27-22(19-9-5-11-26-19)20(28)14-17(25)13-15-6-4-7-16(24)12-15/h2-4,6-8,10,12,17,19,22,26H,5,9,11,13-14,25H2,1H3,(H,27,29). The van der Waals surface area contributed by atoms with Crippen LogP contribution in [0.5, 0.6) is 0 Å². The lowest BCUT2D eigenvalue weighted by molar-refractivity contribution is -0.121. The van der Waals surface area contributed by atoms with Crippen LogP contribution in [0.3, 0.4) is 0 Å². The number of carbonyl (C=O) groups excluding carboxylic acids is 2. The van der Waals surface area contributed by atoms with Crippen LogP contribution in [-0.4, -0.2) is 51.0 Å². The van der Waals surface area contributed by atoms with Gasteiger partial charge in [-0.25, -0.2) is 8.42 Å². The first kappa shape index (κ1) is 24.4. The number of halogens is 1. The van der Waals surface area contributed by atoms with Crippen molar-refractivity contribution in [1.82, 2.24) is 10.6 Å². The van der Waals surface area contributed by atoms with Gasteiger partial charge in [-0.05, 0) is 55.6 Å². The molecule has 0 aromatic heterocycles. The lowest BCUT2D eigenvalue weighted by atomic mass is 9.94. The van der Waals surface area contributed by atoms with Gasteiger partial charge in [-0.2, -0.15) is 0 Å². The smallest absolute Gasteiger partial charge is 0.253 e. The first-order chi connectivity index (χ1) is 15.1. The molecular formula is C23H28ClN3O4S. The highest BCUT2D eigenvalue weighted by Crippen LogP contribution is 2.18. The highest BCUT2D eigenvalue weighted by atomic mass is 35.5. The largest absolute Gasteiger partial charge is 0.341 e. The average Bonchev–Trinajstić information content (AvgIpc) is 3.25. The van der Waals surface area contributed by atoms with Crippen LogP contribution in [0.4, 0.5) is 0 Å². The van der Waals surface area contributed by atoms with Gasteiger partial charge < -0.3 is 16.4 Å². The van der Waals surface area contributed by atoms with Crippen molar-refractivity contribution >= 4 is 33.1 Å². The molecule has 0 bridgehead atoms. The second-order valence-corrected chi connectivity index (χ2v) is 10.6. The van der Waals surface area contributed by atoms with E-state index in [4.69, 9.17) is 17.3 Å². The van der Waals surface area contributed by atoms with Crippen LogP contribution in [0.2, 0.25) is 5.02 Å². The second kappa shape index (κ2) is 10.6. The molecule has 0 radical (unpaired) electrons. The third-order valence-electron chi connectivity index (χ3n) is 5.52. The topological polar surface area (TPSA) is 118 Å². The minimum atomic E-state index is -3.60. The molecule has 0 saturated carbocycles. The first-order valence-corrected chi connectivity index (χ1v) is 12.8. The lowest BCUT2D eigenvalue weighted by Gasteiger charge is -2.25. The van der Waals surface area contributed by atoms with E-state index in [1.54, 1.807) is 18.2 Å². The van der Waals surface area contributed by atoms with Gasteiger partial charge in [-0.3, -0.25) is 9.59 Å². The summed E-state index contributed by atoms with van der Waals surface area (Å²) in [6.07, 6.45) is 3.22. The maximum atomic E-state index is 13.2. The fourth-order valence-corrected chi connectivity index (χ4v) is 5.12. The molecule has 172 valence electrons. The van der Waals surface area contributed by atoms with E-state index < -0.39 is 27.8 Å². The van der Waals surface area contributed by atoms with E-state index >= 15 is 0 Å². The number of nitrogens with one attached hydrogen (secondary N) is 2. The maximum Gasteiger partial charge on any atom is 0.253 e. The van der Waals surface area contributed by atoms with Crippen molar-refractivity contribution in [3.05, 3.63) is 64.7 Å². The number of hydrogen-bond donors (Lipinski definition) is 3. The summed E-state index contributed by atoms with van der Waals surface area (Å²) >= 11 is 6.02. The van der Waals surface area contributed by atoms with E-state index in [9.17, 15) is 18.0 Å². The Kier molecular flexibility index (Phi) is 8.05. The molecule has 2 aromatic carbocycles. The Morgan fingerprint density at radius 3 is 2.62 bits per heavy atom. The van der Waals surface area contributed by atoms with E-state index in [2.05, 4.69) is 10.6 Å². The van der Waals surface area contributed by atoms with Gasteiger partial charge in [-0.15, -0.1) is 0 Å². The zero-order chi connectivity index (χ0) is 23.3. The molecule has 3 rings (SSSR count). The van der Waals surface area contributed by atoms with Gasteiger partial charge in [0.15, 0.2) is 15.6 Å². The molecule has 32 heavy (non-hydrogen) atoms. The number of Topliss-reactive ketones (excluding diaryl/α,β-unsaturated/α-hetero) is 1. The van der Waals surface area contributed by atoms with Crippen molar-refractivity contribution in [3.8, 4) is 0 Å². The summed E-state index contributed by atoms with van der Waals surface area (Å²) in [5.74, 6) is -0.786. The van der Waals surface area contributed by atoms with Crippen molar-refractivity contribution in [2.45, 2.75) is 48.7 Å². The van der Waals surface area contributed by atoms with Gasteiger partial charge in [-0.1, -0.05) is 35.9 Å². The summed E-state index contributed by atoms with van der Waals surface area (Å²) in [6, 6.07) is 11.8. The lowest BCUT2D eigenvalue weighted by Crippen LogP contribution is -2.53. The Bertz CT molecular complexity index is 1080. The number of carbonyl (C=O) groups is 2. The van der Waals surface area contributed by atoms with Crippen molar-refractivity contribution < 1.29 is 18.0 Å². The fourth-order valence-electron chi connectivity index (χ4n) is 4.02. The Labute approximate surface area is 193 Å². The van der Waals surface area contributed by atoms with E-state index in [0.29, 0.717) is 11.4 Å². The normalized spacial score (nSPS) is 18.2. The van der Waals surface area contributed by atoms with Crippen LogP contribution < -0.4 is 16.4 Å². The quantitative estimate of drug-likeness (QED) is 0.509. The van der Waals surface area contributed by atoms with Gasteiger partial charge in [0.2, 0.25) is 0 Å². The van der Waals surface area contributed by atoms with Crippen molar-refractivity contribution in [3.63, 3.8) is 0 Å². The molecule has 1 heterocycles. The highest BCUT2D eigenvalue weighted by molar-refractivity contribution is 7.90. The number of nitrogens with two attached hydrogens (primary N) is 1. The monoisotopic (exact) mass is 477 g/mol. The van der Waals surface area contributed by atoms with E-state index in [0.717, 1.165) is 31.2 Å². The minimum absolute atomic E-state index is 0.0222. The predicted octanol–water partition coefficient (Wildman–Crippen LogP) is 2.12. The molecule has 1 fully saturated rings. The molecule has 3 atom stereocenters. The molecule has 1 amide bonds. The van der Waals surface area contributed by atoms with Gasteiger partial charge in [0, 0.05) is 29.8 Å². The molecule has 4 N–H and O–H groups in total. The zero-order valence-electron chi connectivity index (χ0n) is 17.9. The Morgan fingerprint density at radius 1 is 1.22 bits per heavy atom. The van der Waals surface area contributed by atoms with Gasteiger partial charge in [0.25, 0.3) is 5.91 Å². The molecule has 0 aliphatic carbocycles. The number of ketones is 1. The van der Waals surface area contributed by atoms with E-state index in [-0.39, 0.29) is 28.7 Å². The van der Waals surface area contributed by atoms with Crippen LogP contribution in [-0.2, 0) is 21.1 Å². The molecular weight excluding hydrogens is 450 g/mol. The molecule has 9 heteroatoms. The second-order valence-electron chi connectivity index (χ2n) is 8.19. The SMILES string of the molecule is CS(=O)(=O)c1ccccc1C(=O)NC(C(=O)CC(N)Cc1cccc(Cl)c1)C1CCCN1. The van der Waals surface area contributed by atoms with Crippen LogP contribution in [0.1, 0.15) is 35.2 Å². The Hall–Kier alpha value is -2.26. The Balaban J connectivity index is 1.75. The van der Waals surface area contributed by atoms with Crippen LogP contribution in [0.25, 0.3) is 0 Å². The summed E-state index contributed by atoms with van der Waals surface area (Å²) in [4.78, 5) is 26.1. The molecule has 7 nitrogen and oxygen atoms in total. The molecule has 1 saturated heterocycles. The fraction of sp³-hybridized carbons (Fsp3) is 0.391. The summed E-state index contributed by atoms with van der Waals surface area (Å²) in [7, 11) is -3.60. The van der Waals surface area contributed by atoms with Crippen molar-refractivity contribution in [1.29, 1.82) is 0 Å². The van der Waals surface area contributed by atoms with Gasteiger partial charge in [0.1, 0.15) is 6.04 Å². The molecule has 0 spiro atoms. The summed E-state index contributed by atoms with van der Waals surface area (Å²) in [5.41, 5.74) is 7.19. The maximum absolute atomic E-state index is 13.2. The summed E-state index contributed by atoms with van der Waals surface area (Å²) in [5, 5.41) is 6.63. The molecule has 2 aromatic rings. The molecule has 1 aliphatic rings. The van der Waals surface area contributed by atoms with Crippen molar-refractivity contribution in [2.75, 3.05) is 12.8 Å². The summed E-state index contributed by atoms with van der Waals surface area (Å²) in [6.45, 7) is 0.749. The number of benzene rings is 2. The van der Waals surface area contributed by atoms with Crippen LogP contribution in [0, 0.1) is 0 Å². The van der Waals surface area contributed by atoms with Gasteiger partial charge >= 0.3 is 0 Å². The third-order valence-corrected chi connectivity index (χ3v) is 6.91. The third kappa shape index (κ3) is 6.38. The first-order valence-electron chi connectivity index (χ1n) is 10.5. The summed E-state index contributed by atoms with van der Waals surface area (Å²) < 4.78 is 24.2. The molecule has 3 unspecified atom stereocenters. The number of hydrogen-bond acceptors (Lipinski definition) is 6. The van der Waals surface area contributed by atoms with Crippen molar-refractivity contribution in [2.24, 2.45) is 5.73 Å². The van der Waals surface area contributed by atoms with E-state index in [1.165, 1.54) is 12.1 Å². The van der Waals surface area contributed by atoms with E-state index in [1.807, 2.05) is 18.2 Å². The number of rotatable bonds is 9. The minimum Gasteiger partial charge on any atom is -0.341 e. The van der Waals surface area contributed by atoms with Gasteiger partial charge in [0.05, 0.1) is 10.5 Å². The molecule has 1 aliphatic heterocycles.